The van der Waals surface area contributed by atoms with E-state index in [9.17, 15) is 18.0 Å². The maximum absolute atomic E-state index is 13.5. The first kappa shape index (κ1) is 23.6. The van der Waals surface area contributed by atoms with Gasteiger partial charge in [-0.2, -0.15) is 13.2 Å². The van der Waals surface area contributed by atoms with Crippen LogP contribution in [0.1, 0.15) is 25.0 Å². The zero-order chi connectivity index (χ0) is 22.6. The summed E-state index contributed by atoms with van der Waals surface area (Å²) in [7, 11) is 1.37. The molecule has 2 rings (SSSR count). The van der Waals surface area contributed by atoms with E-state index in [1.54, 1.807) is 23.1 Å². The highest BCUT2D eigenvalue weighted by molar-refractivity contribution is 7.80. The quantitative estimate of drug-likeness (QED) is 0.292. The first-order valence-corrected chi connectivity index (χ1v) is 9.56. The molecule has 0 fully saturated rings. The zero-order valence-corrected chi connectivity index (χ0v) is 18.0. The van der Waals surface area contributed by atoms with Crippen molar-refractivity contribution < 1.29 is 18.0 Å². The fourth-order valence-electron chi connectivity index (χ4n) is 2.83. The van der Waals surface area contributed by atoms with Crippen LogP contribution in [0.15, 0.2) is 41.4 Å². The number of alkyl halides is 3. The molecule has 0 radical (unpaired) electrons. The normalized spacial score (nSPS) is 11.7. The number of amides is 1. The van der Waals surface area contributed by atoms with E-state index in [-0.39, 0.29) is 22.4 Å². The van der Waals surface area contributed by atoms with Gasteiger partial charge in [0.1, 0.15) is 0 Å². The van der Waals surface area contributed by atoms with E-state index in [4.69, 9.17) is 29.6 Å². The highest BCUT2D eigenvalue weighted by Crippen LogP contribution is 2.35. The van der Waals surface area contributed by atoms with Crippen molar-refractivity contribution in [2.75, 3.05) is 22.6 Å². The zero-order valence-electron chi connectivity index (χ0n) is 16.4. The van der Waals surface area contributed by atoms with E-state index < -0.39 is 11.7 Å². The Morgan fingerprint density at radius 1 is 1.20 bits per heavy atom. The number of benzene rings is 2. The highest BCUT2D eigenvalue weighted by Gasteiger charge is 2.34. The maximum Gasteiger partial charge on any atom is 0.417 e. The second-order valence-electron chi connectivity index (χ2n) is 6.58. The number of hydrogen-bond acceptors (Lipinski definition) is 4. The Kier molecular flexibility index (Phi) is 7.44. The minimum Gasteiger partial charge on any atom is -0.397 e. The fourth-order valence-corrected chi connectivity index (χ4v) is 3.42. The highest BCUT2D eigenvalue weighted by atomic mass is 35.5. The number of hydrogen-bond donors (Lipinski definition) is 1. The molecule has 2 aromatic rings. The Morgan fingerprint density at radius 2 is 1.83 bits per heavy atom. The van der Waals surface area contributed by atoms with Crippen molar-refractivity contribution in [2.24, 2.45) is 4.99 Å². The lowest BCUT2D eigenvalue weighted by atomic mass is 10.1. The van der Waals surface area contributed by atoms with E-state index in [0.29, 0.717) is 22.8 Å². The van der Waals surface area contributed by atoms with Gasteiger partial charge in [0.15, 0.2) is 5.11 Å². The Balaban J connectivity index is 2.55. The summed E-state index contributed by atoms with van der Waals surface area (Å²) in [5.74, 6) is 0. The molecule has 0 saturated heterocycles. The number of anilines is 3. The van der Waals surface area contributed by atoms with E-state index in [1.165, 1.54) is 19.2 Å². The van der Waals surface area contributed by atoms with Gasteiger partial charge >= 0.3 is 6.18 Å². The standard InChI is InChI=1S/C20H20ClF3N4OS/c1-12(2)28(15-6-7-17(21)18(25)9-15)19(30)27(11-29)14-5-4-13(10-26-3)16(8-14)20(22,23)24/h4-12H,25H2,1-3H3. The van der Waals surface area contributed by atoms with E-state index >= 15 is 0 Å². The fraction of sp³-hybridized carbons (Fsp3) is 0.250. The van der Waals surface area contributed by atoms with Gasteiger partial charge in [0, 0.05) is 30.6 Å². The second-order valence-corrected chi connectivity index (χ2v) is 7.36. The summed E-state index contributed by atoms with van der Waals surface area (Å²) in [6.07, 6.45) is -3.15. The summed E-state index contributed by atoms with van der Waals surface area (Å²) in [6.45, 7) is 3.64. The molecule has 0 heterocycles. The van der Waals surface area contributed by atoms with Crippen molar-refractivity contribution in [1.29, 1.82) is 0 Å². The van der Waals surface area contributed by atoms with Crippen LogP contribution in [0, 0.1) is 0 Å². The molecule has 2 N–H and O–H groups in total. The van der Waals surface area contributed by atoms with Crippen LogP contribution in [0.3, 0.4) is 0 Å². The summed E-state index contributed by atoms with van der Waals surface area (Å²) in [5, 5.41) is 0.343. The first-order valence-electron chi connectivity index (χ1n) is 8.77. The Morgan fingerprint density at radius 3 is 2.33 bits per heavy atom. The van der Waals surface area contributed by atoms with Gasteiger partial charge < -0.3 is 10.6 Å². The second kappa shape index (κ2) is 9.44. The van der Waals surface area contributed by atoms with Crippen LogP contribution in [0.25, 0.3) is 0 Å². The van der Waals surface area contributed by atoms with Crippen LogP contribution in [-0.2, 0) is 11.0 Å². The van der Waals surface area contributed by atoms with E-state index in [2.05, 4.69) is 4.99 Å². The molecule has 0 saturated carbocycles. The minimum absolute atomic E-state index is 0.00763. The Hall–Kier alpha value is -2.65. The number of halogens is 4. The van der Waals surface area contributed by atoms with Gasteiger partial charge in [-0.25, -0.2) is 0 Å². The number of thiocarbonyl (C=S) groups is 1. The third kappa shape index (κ3) is 5.09. The van der Waals surface area contributed by atoms with Crippen LogP contribution in [-0.4, -0.2) is 30.8 Å². The molecule has 30 heavy (non-hydrogen) atoms. The Labute approximate surface area is 182 Å². The van der Waals surface area contributed by atoms with Crippen LogP contribution in [0.4, 0.5) is 30.2 Å². The molecule has 0 spiro atoms. The number of rotatable bonds is 5. The lowest BCUT2D eigenvalue weighted by Crippen LogP contribution is -2.46. The molecule has 160 valence electrons. The average molecular weight is 457 g/mol. The van der Waals surface area contributed by atoms with Crippen molar-refractivity contribution in [3.63, 3.8) is 0 Å². The summed E-state index contributed by atoms with van der Waals surface area (Å²) in [4.78, 5) is 18.1. The number of nitrogens with zero attached hydrogens (tertiary/aromatic N) is 3. The van der Waals surface area contributed by atoms with Crippen molar-refractivity contribution in [3.05, 3.63) is 52.5 Å². The largest absolute Gasteiger partial charge is 0.417 e. The van der Waals surface area contributed by atoms with E-state index in [0.717, 1.165) is 17.2 Å². The summed E-state index contributed by atoms with van der Waals surface area (Å²) in [5.41, 5.74) is 5.66. The summed E-state index contributed by atoms with van der Waals surface area (Å²) in [6, 6.07) is 8.08. The third-order valence-electron chi connectivity index (χ3n) is 4.18. The van der Waals surface area contributed by atoms with Crippen molar-refractivity contribution >= 4 is 58.6 Å². The number of carbonyl (C=O) groups is 1. The van der Waals surface area contributed by atoms with Gasteiger partial charge in [0.2, 0.25) is 6.41 Å². The Bertz CT molecular complexity index is 979. The monoisotopic (exact) mass is 456 g/mol. The topological polar surface area (TPSA) is 61.9 Å². The van der Waals surface area contributed by atoms with E-state index in [1.807, 2.05) is 13.8 Å². The minimum atomic E-state index is -4.63. The molecule has 0 aromatic heterocycles. The molecule has 0 aliphatic rings. The molecule has 0 aliphatic heterocycles. The summed E-state index contributed by atoms with van der Waals surface area (Å²) >= 11 is 11.4. The van der Waals surface area contributed by atoms with Gasteiger partial charge in [-0.05, 0) is 56.4 Å². The molecule has 1 amide bonds. The van der Waals surface area contributed by atoms with Gasteiger partial charge in [0.05, 0.1) is 22.0 Å². The average Bonchev–Trinajstić information content (AvgIpc) is 2.65. The van der Waals surface area contributed by atoms with Gasteiger partial charge in [0.25, 0.3) is 0 Å². The van der Waals surface area contributed by atoms with Crippen molar-refractivity contribution in [2.45, 2.75) is 26.1 Å². The molecule has 0 atom stereocenters. The molecule has 0 unspecified atom stereocenters. The maximum atomic E-state index is 13.5. The van der Waals surface area contributed by atoms with Crippen LogP contribution in [0.2, 0.25) is 5.02 Å². The van der Waals surface area contributed by atoms with Gasteiger partial charge in [-0.1, -0.05) is 17.7 Å². The molecule has 2 aromatic carbocycles. The molecule has 10 heteroatoms. The van der Waals surface area contributed by atoms with Gasteiger partial charge in [-0.3, -0.25) is 14.7 Å². The lowest BCUT2D eigenvalue weighted by molar-refractivity contribution is -0.137. The molecular weight excluding hydrogens is 437 g/mol. The molecule has 5 nitrogen and oxygen atoms in total. The number of carbonyl (C=O) groups excluding carboxylic acids is 1. The third-order valence-corrected chi connectivity index (χ3v) is 4.92. The van der Waals surface area contributed by atoms with Crippen molar-refractivity contribution in [3.8, 4) is 0 Å². The number of nitrogen functional groups attached to an aromatic ring is 1. The van der Waals surface area contributed by atoms with Crippen LogP contribution >= 0.6 is 23.8 Å². The predicted molar refractivity (Wildman–Crippen MR) is 120 cm³/mol. The SMILES string of the molecule is CN=Cc1ccc(N(C=O)C(=S)N(c2ccc(Cl)c(N)c2)C(C)C)cc1C(F)(F)F. The predicted octanol–water partition coefficient (Wildman–Crippen LogP) is 5.15. The smallest absolute Gasteiger partial charge is 0.397 e. The number of aliphatic imine (C=N–C) groups is 1. The van der Waals surface area contributed by atoms with Crippen molar-refractivity contribution in [1.82, 2.24) is 0 Å². The molecule has 0 bridgehead atoms. The molecular formula is C20H20ClF3N4OS. The van der Waals surface area contributed by atoms with Crippen LogP contribution in [0.5, 0.6) is 0 Å². The lowest BCUT2D eigenvalue weighted by Gasteiger charge is -2.34. The van der Waals surface area contributed by atoms with Gasteiger partial charge in [-0.15, -0.1) is 0 Å². The molecule has 0 aliphatic carbocycles. The number of nitrogens with two attached hydrogens (primary N) is 1. The summed E-state index contributed by atoms with van der Waals surface area (Å²) < 4.78 is 40.5. The first-order chi connectivity index (χ1) is 14.0. The van der Waals surface area contributed by atoms with Crippen LogP contribution < -0.4 is 15.5 Å².